The summed E-state index contributed by atoms with van der Waals surface area (Å²) >= 11 is 0. The Morgan fingerprint density at radius 1 is 0.594 bits per heavy atom. The molecular weight excluding hydrogens is 406 g/mol. The fraction of sp³-hybridized carbons (Fsp3) is 0. The van der Waals surface area contributed by atoms with Crippen molar-refractivity contribution >= 4 is 11.1 Å². The maximum absolute atomic E-state index is 14.1. The minimum absolute atomic E-state index is 0.164. The van der Waals surface area contributed by atoms with E-state index in [0.717, 1.165) is 0 Å². The van der Waals surface area contributed by atoms with E-state index in [9.17, 15) is 19.3 Å². The number of hydrogen-bond acceptors (Lipinski definition) is 2. The van der Waals surface area contributed by atoms with Gasteiger partial charge in [0, 0.05) is 11.1 Å². The molecule has 4 nitrogen and oxygen atoms in total. The first-order valence-corrected chi connectivity index (χ1v) is 9.35. The van der Waals surface area contributed by atoms with Crippen molar-refractivity contribution in [3.05, 3.63) is 117 Å². The third kappa shape index (κ3) is 2.42. The van der Waals surface area contributed by atoms with Crippen molar-refractivity contribution in [2.24, 2.45) is 0 Å². The van der Waals surface area contributed by atoms with Gasteiger partial charge in [-0.15, -0.1) is 0 Å². The Kier molecular flexibility index (Phi) is 4.00. The molecule has 0 N–H and O–H groups in total. The summed E-state index contributed by atoms with van der Waals surface area (Å²) in [5.41, 5.74) is 4.95. The van der Waals surface area contributed by atoms with Crippen LogP contribution in [0.25, 0.3) is 43.1 Å². The van der Waals surface area contributed by atoms with Gasteiger partial charge in [-0.1, -0.05) is 12.1 Å². The lowest BCUT2D eigenvalue weighted by Crippen LogP contribution is -1.89. The van der Waals surface area contributed by atoms with Crippen LogP contribution in [-0.2, 0) is 0 Å². The van der Waals surface area contributed by atoms with Crippen molar-refractivity contribution in [1.82, 2.24) is 0 Å². The average Bonchev–Trinajstić information content (AvgIpc) is 3.26. The third-order valence-corrected chi connectivity index (χ3v) is 5.69. The zero-order valence-corrected chi connectivity index (χ0v) is 16.2. The summed E-state index contributed by atoms with van der Waals surface area (Å²) < 4.78 is 28.1. The van der Waals surface area contributed by atoms with Crippen LogP contribution in [0.1, 0.15) is 22.3 Å². The van der Waals surface area contributed by atoms with Gasteiger partial charge in [0.15, 0.2) is 0 Å². The highest BCUT2D eigenvalue weighted by molar-refractivity contribution is 6.10. The molecular formula is C26H8F2N4. The van der Waals surface area contributed by atoms with Crippen molar-refractivity contribution in [1.29, 1.82) is 10.5 Å². The van der Waals surface area contributed by atoms with Crippen LogP contribution in [0, 0.1) is 47.4 Å². The Labute approximate surface area is 181 Å². The van der Waals surface area contributed by atoms with Crippen molar-refractivity contribution in [2.45, 2.75) is 0 Å². The second kappa shape index (κ2) is 6.75. The van der Waals surface area contributed by atoms with Gasteiger partial charge in [-0.25, -0.2) is 29.0 Å². The quantitative estimate of drug-likeness (QED) is 0.220. The predicted molar refractivity (Wildman–Crippen MR) is 114 cm³/mol. The van der Waals surface area contributed by atoms with Crippen molar-refractivity contribution in [2.75, 3.05) is 0 Å². The van der Waals surface area contributed by atoms with E-state index in [0.29, 0.717) is 55.7 Å². The minimum atomic E-state index is -0.495. The molecule has 0 fully saturated rings. The van der Waals surface area contributed by atoms with Crippen LogP contribution < -0.4 is 0 Å². The number of halogens is 2. The van der Waals surface area contributed by atoms with E-state index in [4.69, 9.17) is 13.1 Å². The largest absolute Gasteiger partial charge is 0.270 e. The van der Waals surface area contributed by atoms with E-state index in [2.05, 4.69) is 9.69 Å². The third-order valence-electron chi connectivity index (χ3n) is 5.69. The van der Waals surface area contributed by atoms with E-state index >= 15 is 0 Å². The fourth-order valence-corrected chi connectivity index (χ4v) is 4.45. The molecule has 0 saturated carbocycles. The van der Waals surface area contributed by atoms with Gasteiger partial charge in [-0.3, -0.25) is 0 Å². The number of allylic oxidation sites excluding steroid dienone is 2. The summed E-state index contributed by atoms with van der Waals surface area (Å²) in [5.74, 6) is -0.991. The van der Waals surface area contributed by atoms with Crippen LogP contribution >= 0.6 is 0 Å². The average molecular weight is 414 g/mol. The molecule has 0 saturated heterocycles. The standard InChI is InChI=1S/C26H8F2N4/c1-31-23(11-29)25-19-7-13(27)3-5-15(19)17-10-22-18(9-21(17)25)16-6-4-14(28)8-20(16)26(22)24(12-30)32-2/h3-10H. The molecule has 0 spiro atoms. The maximum atomic E-state index is 14.1. The van der Waals surface area contributed by atoms with Gasteiger partial charge in [-0.2, -0.15) is 0 Å². The Bertz CT molecular complexity index is 1480. The molecule has 146 valence electrons. The van der Waals surface area contributed by atoms with E-state index in [1.807, 2.05) is 12.1 Å². The molecule has 3 aromatic carbocycles. The highest BCUT2D eigenvalue weighted by atomic mass is 19.1. The smallest absolute Gasteiger partial charge is 0.226 e. The van der Waals surface area contributed by atoms with Crippen LogP contribution in [0.4, 0.5) is 8.78 Å². The Balaban J connectivity index is 1.94. The zero-order valence-electron chi connectivity index (χ0n) is 16.2. The van der Waals surface area contributed by atoms with Crippen LogP contribution in [0.3, 0.4) is 0 Å². The molecule has 0 atom stereocenters. The Morgan fingerprint density at radius 3 is 1.31 bits per heavy atom. The molecule has 0 amide bonds. The van der Waals surface area contributed by atoms with Crippen molar-refractivity contribution in [3.8, 4) is 34.4 Å². The molecule has 0 radical (unpaired) electrons. The highest BCUT2D eigenvalue weighted by Crippen LogP contribution is 2.53. The van der Waals surface area contributed by atoms with Gasteiger partial charge in [0.2, 0.25) is 0 Å². The van der Waals surface area contributed by atoms with Gasteiger partial charge in [0.05, 0.1) is 25.3 Å². The van der Waals surface area contributed by atoms with Crippen LogP contribution in [0.15, 0.2) is 59.9 Å². The number of hydrogen-bond donors (Lipinski definition) is 0. The number of nitrogens with zero attached hydrogens (tertiary/aromatic N) is 4. The lowest BCUT2D eigenvalue weighted by Gasteiger charge is -2.08. The molecule has 5 rings (SSSR count). The zero-order chi connectivity index (χ0) is 22.6. The second-order valence-corrected chi connectivity index (χ2v) is 7.22. The normalized spacial score (nSPS) is 15.2. The Morgan fingerprint density at radius 2 is 0.969 bits per heavy atom. The van der Waals surface area contributed by atoms with E-state index in [-0.39, 0.29) is 11.4 Å². The number of fused-ring (bicyclic) bond motifs is 6. The first-order valence-electron chi connectivity index (χ1n) is 9.35. The summed E-state index contributed by atoms with van der Waals surface area (Å²) in [6, 6.07) is 15.6. The SMILES string of the molecule is [C-]#[N+]C(C#N)=C1c2cc(F)ccc2-c2cc3c(cc21)-c1ccc(F)cc1C3=C(C#N)[N+]#[C-]. The highest BCUT2D eigenvalue weighted by Gasteiger charge is 2.33. The summed E-state index contributed by atoms with van der Waals surface area (Å²) in [4.78, 5) is 6.68. The fourth-order valence-electron chi connectivity index (χ4n) is 4.45. The van der Waals surface area contributed by atoms with Gasteiger partial charge in [0.25, 0.3) is 11.4 Å². The van der Waals surface area contributed by atoms with Crippen LogP contribution in [-0.4, -0.2) is 0 Å². The molecule has 3 aromatic rings. The maximum Gasteiger partial charge on any atom is 0.270 e. The minimum Gasteiger partial charge on any atom is -0.226 e. The second-order valence-electron chi connectivity index (χ2n) is 7.22. The summed E-state index contributed by atoms with van der Waals surface area (Å²) in [6.45, 7) is 14.9. The Hall–Kier alpha value is -5.04. The first-order chi connectivity index (χ1) is 15.5. The lowest BCUT2D eigenvalue weighted by atomic mass is 9.95. The van der Waals surface area contributed by atoms with E-state index in [1.165, 1.54) is 24.3 Å². The number of benzene rings is 3. The van der Waals surface area contributed by atoms with Crippen molar-refractivity contribution in [3.63, 3.8) is 0 Å². The molecule has 2 aliphatic rings. The van der Waals surface area contributed by atoms with Gasteiger partial charge in [-0.05, 0) is 80.9 Å². The molecule has 6 heteroatoms. The predicted octanol–water partition coefficient (Wildman–Crippen LogP) is 6.33. The first kappa shape index (κ1) is 19.0. The molecule has 0 bridgehead atoms. The van der Waals surface area contributed by atoms with Gasteiger partial charge >= 0.3 is 0 Å². The molecule has 2 aliphatic carbocycles. The summed E-state index contributed by atoms with van der Waals surface area (Å²) in [7, 11) is 0. The van der Waals surface area contributed by atoms with E-state index in [1.54, 1.807) is 24.3 Å². The monoisotopic (exact) mass is 414 g/mol. The topological polar surface area (TPSA) is 56.3 Å². The van der Waals surface area contributed by atoms with Crippen LogP contribution in [0.2, 0.25) is 0 Å². The molecule has 32 heavy (non-hydrogen) atoms. The number of nitriles is 2. The molecule has 0 aromatic heterocycles. The lowest BCUT2D eigenvalue weighted by molar-refractivity contribution is 0.627. The molecule has 0 heterocycles. The number of rotatable bonds is 0. The van der Waals surface area contributed by atoms with E-state index < -0.39 is 11.6 Å². The van der Waals surface area contributed by atoms with Gasteiger partial charge < -0.3 is 0 Å². The van der Waals surface area contributed by atoms with Crippen molar-refractivity contribution < 1.29 is 8.78 Å². The van der Waals surface area contributed by atoms with Crippen LogP contribution in [0.5, 0.6) is 0 Å². The molecule has 0 aliphatic heterocycles. The molecule has 0 unspecified atom stereocenters. The summed E-state index contributed by atoms with van der Waals surface area (Å²) in [6.07, 6.45) is 0. The van der Waals surface area contributed by atoms with Gasteiger partial charge in [0.1, 0.15) is 11.6 Å². The summed E-state index contributed by atoms with van der Waals surface area (Å²) in [5, 5.41) is 19.1.